The Morgan fingerprint density at radius 1 is 1.12 bits per heavy atom. The van der Waals surface area contributed by atoms with Gasteiger partial charge in [-0.15, -0.1) is 0 Å². The second kappa shape index (κ2) is 10.6. The highest BCUT2D eigenvalue weighted by molar-refractivity contribution is 5.98. The molecule has 3 amide bonds. The average Bonchev–Trinajstić information content (AvgIpc) is 3.43. The highest BCUT2D eigenvalue weighted by atomic mass is 16.2. The van der Waals surface area contributed by atoms with Crippen molar-refractivity contribution in [1.82, 2.24) is 25.3 Å². The molecule has 0 bridgehead atoms. The summed E-state index contributed by atoms with van der Waals surface area (Å²) in [7, 11) is 1.69. The third kappa shape index (κ3) is 5.60. The van der Waals surface area contributed by atoms with Gasteiger partial charge in [-0.25, -0.2) is 4.68 Å². The summed E-state index contributed by atoms with van der Waals surface area (Å²) in [5.41, 5.74) is 1.61. The van der Waals surface area contributed by atoms with Crippen molar-refractivity contribution < 1.29 is 14.4 Å². The van der Waals surface area contributed by atoms with E-state index in [0.29, 0.717) is 18.8 Å². The summed E-state index contributed by atoms with van der Waals surface area (Å²) >= 11 is 0. The number of amides is 3. The third-order valence-electron chi connectivity index (χ3n) is 5.98. The van der Waals surface area contributed by atoms with Crippen molar-refractivity contribution in [2.45, 2.75) is 58.7 Å². The van der Waals surface area contributed by atoms with Crippen molar-refractivity contribution in [3.8, 4) is 5.69 Å². The van der Waals surface area contributed by atoms with Crippen LogP contribution in [0, 0.1) is 12.8 Å². The van der Waals surface area contributed by atoms with Gasteiger partial charge in [0.1, 0.15) is 17.9 Å². The van der Waals surface area contributed by atoms with Crippen molar-refractivity contribution in [2.24, 2.45) is 5.92 Å². The Hall–Kier alpha value is -3.20. The molecule has 1 fully saturated rings. The molecule has 0 radical (unpaired) electrons. The Kier molecular flexibility index (Phi) is 7.86. The van der Waals surface area contributed by atoms with E-state index in [-0.39, 0.29) is 23.6 Å². The molecular formula is C24H34N6O3. The van der Waals surface area contributed by atoms with Crippen LogP contribution in [0.4, 0.5) is 5.82 Å². The predicted molar refractivity (Wildman–Crippen MR) is 127 cm³/mol. The van der Waals surface area contributed by atoms with E-state index in [0.717, 1.165) is 17.8 Å². The Balaban J connectivity index is 1.76. The first kappa shape index (κ1) is 24.4. The molecule has 2 aromatic rings. The average molecular weight is 455 g/mol. The maximum atomic E-state index is 13.4. The molecule has 33 heavy (non-hydrogen) atoms. The van der Waals surface area contributed by atoms with Crippen molar-refractivity contribution in [3.63, 3.8) is 0 Å². The van der Waals surface area contributed by atoms with Gasteiger partial charge >= 0.3 is 0 Å². The number of hydrogen-bond donors (Lipinski definition) is 3. The van der Waals surface area contributed by atoms with Gasteiger partial charge in [0.2, 0.25) is 17.7 Å². The van der Waals surface area contributed by atoms with Gasteiger partial charge in [-0.3, -0.25) is 14.4 Å². The smallest absolute Gasteiger partial charge is 0.248 e. The minimum Gasteiger partial charge on any atom is -0.343 e. The summed E-state index contributed by atoms with van der Waals surface area (Å²) in [5.74, 6) is -0.286. The maximum Gasteiger partial charge on any atom is 0.248 e. The van der Waals surface area contributed by atoms with Gasteiger partial charge in [0.25, 0.3) is 0 Å². The zero-order chi connectivity index (χ0) is 24.1. The Morgan fingerprint density at radius 3 is 2.45 bits per heavy atom. The predicted octanol–water partition coefficient (Wildman–Crippen LogP) is 1.86. The molecule has 1 saturated heterocycles. The van der Waals surface area contributed by atoms with E-state index in [9.17, 15) is 14.4 Å². The molecule has 3 N–H and O–H groups in total. The van der Waals surface area contributed by atoms with E-state index in [2.05, 4.69) is 21.0 Å². The molecular weight excluding hydrogens is 420 g/mol. The number of benzene rings is 1. The third-order valence-corrected chi connectivity index (χ3v) is 5.98. The van der Waals surface area contributed by atoms with Gasteiger partial charge in [-0.05, 0) is 51.8 Å². The first-order chi connectivity index (χ1) is 15.7. The van der Waals surface area contributed by atoms with Gasteiger partial charge in [-0.1, -0.05) is 32.0 Å². The van der Waals surface area contributed by atoms with Gasteiger partial charge in [0.15, 0.2) is 0 Å². The minimum absolute atomic E-state index is 0.114. The van der Waals surface area contributed by atoms with Crippen LogP contribution in [0.1, 0.15) is 39.3 Å². The number of likely N-dealkylation sites (N-methyl/N-ethyl adjacent to an activating group) is 1. The van der Waals surface area contributed by atoms with E-state index >= 15 is 0 Å². The fourth-order valence-corrected chi connectivity index (χ4v) is 3.97. The summed E-state index contributed by atoms with van der Waals surface area (Å²) in [6.07, 6.45) is 1.30. The lowest BCUT2D eigenvalue weighted by atomic mass is 10.0. The number of aryl methyl sites for hydroxylation is 1. The number of rotatable bonds is 8. The summed E-state index contributed by atoms with van der Waals surface area (Å²) < 4.78 is 1.69. The lowest BCUT2D eigenvalue weighted by molar-refractivity contribution is -0.141. The number of aromatic nitrogens is 2. The molecule has 9 heteroatoms. The van der Waals surface area contributed by atoms with Crippen molar-refractivity contribution in [3.05, 3.63) is 42.1 Å². The number of likely N-dealkylation sites (tertiary alicyclic amines) is 1. The standard InChI is InChI=1S/C24H34N6O3/c1-15(2)21(27-22(31)17(4)25-5)24(33)29-13-9-12-19(29)23(32)26-20-14-16(3)28-30(20)18-10-7-6-8-11-18/h6-8,10-11,14-15,17,19,21,25H,9,12-13H2,1-5H3,(H,26,32)(H,27,31)/t17-,19-,21-/m0/s1. The van der Waals surface area contributed by atoms with Gasteiger partial charge < -0.3 is 20.9 Å². The number of carbonyl (C=O) groups excluding carboxylic acids is 3. The highest BCUT2D eigenvalue weighted by Gasteiger charge is 2.39. The minimum atomic E-state index is -0.696. The lowest BCUT2D eigenvalue weighted by Gasteiger charge is -2.31. The van der Waals surface area contributed by atoms with E-state index in [1.807, 2.05) is 57.2 Å². The summed E-state index contributed by atoms with van der Waals surface area (Å²) in [5, 5.41) is 13.2. The number of anilines is 1. The molecule has 1 aromatic carbocycles. The molecule has 1 aliphatic heterocycles. The first-order valence-corrected chi connectivity index (χ1v) is 11.4. The van der Waals surface area contributed by atoms with Crippen LogP contribution in [0.3, 0.4) is 0 Å². The molecule has 0 spiro atoms. The fourth-order valence-electron chi connectivity index (χ4n) is 3.97. The maximum absolute atomic E-state index is 13.4. The summed E-state index contributed by atoms with van der Waals surface area (Å²) in [6, 6.07) is 9.65. The SMILES string of the molecule is CN[C@@H](C)C(=O)N[C@H](C(=O)N1CCC[C@H]1C(=O)Nc1cc(C)nn1-c1ccccc1)C(C)C. The molecule has 3 rings (SSSR count). The van der Waals surface area contributed by atoms with Crippen LogP contribution in [0.15, 0.2) is 36.4 Å². The highest BCUT2D eigenvalue weighted by Crippen LogP contribution is 2.23. The zero-order valence-corrected chi connectivity index (χ0v) is 20.0. The van der Waals surface area contributed by atoms with Gasteiger partial charge in [0, 0.05) is 12.6 Å². The zero-order valence-electron chi connectivity index (χ0n) is 20.0. The van der Waals surface area contributed by atoms with Crippen LogP contribution >= 0.6 is 0 Å². The number of carbonyl (C=O) groups is 3. The van der Waals surface area contributed by atoms with Crippen molar-refractivity contribution in [1.29, 1.82) is 0 Å². The van der Waals surface area contributed by atoms with E-state index in [1.54, 1.807) is 23.6 Å². The molecule has 0 aliphatic carbocycles. The molecule has 9 nitrogen and oxygen atoms in total. The number of hydrogen-bond acceptors (Lipinski definition) is 5. The summed E-state index contributed by atoms with van der Waals surface area (Å²) in [4.78, 5) is 40.6. The van der Waals surface area contributed by atoms with E-state index in [1.165, 1.54) is 0 Å². The molecule has 3 atom stereocenters. The second-order valence-electron chi connectivity index (χ2n) is 8.84. The molecule has 2 heterocycles. The number of nitrogens with one attached hydrogen (secondary N) is 3. The molecule has 0 saturated carbocycles. The quantitative estimate of drug-likeness (QED) is 0.564. The van der Waals surface area contributed by atoms with Crippen LogP contribution < -0.4 is 16.0 Å². The Bertz CT molecular complexity index is 987. The van der Waals surface area contributed by atoms with Gasteiger partial charge in [-0.2, -0.15) is 5.10 Å². The second-order valence-corrected chi connectivity index (χ2v) is 8.84. The molecule has 0 unspecified atom stereocenters. The van der Waals surface area contributed by atoms with Crippen LogP contribution in [-0.4, -0.2) is 64.1 Å². The summed E-state index contributed by atoms with van der Waals surface area (Å²) in [6.45, 7) is 7.86. The van der Waals surface area contributed by atoms with Gasteiger partial charge in [0.05, 0.1) is 17.4 Å². The molecule has 1 aromatic heterocycles. The number of para-hydroxylation sites is 1. The molecule has 1 aliphatic rings. The first-order valence-electron chi connectivity index (χ1n) is 11.4. The Labute approximate surface area is 194 Å². The molecule has 178 valence electrons. The fraction of sp³-hybridized carbons (Fsp3) is 0.500. The number of nitrogens with zero attached hydrogens (tertiary/aromatic N) is 3. The Morgan fingerprint density at radius 2 is 1.82 bits per heavy atom. The van der Waals surface area contributed by atoms with Crippen LogP contribution in [0.2, 0.25) is 0 Å². The van der Waals surface area contributed by atoms with Crippen LogP contribution in [0.25, 0.3) is 5.69 Å². The van der Waals surface area contributed by atoms with Crippen LogP contribution in [0.5, 0.6) is 0 Å². The monoisotopic (exact) mass is 454 g/mol. The largest absolute Gasteiger partial charge is 0.343 e. The topological polar surface area (TPSA) is 108 Å². The van der Waals surface area contributed by atoms with Crippen molar-refractivity contribution in [2.75, 3.05) is 18.9 Å². The van der Waals surface area contributed by atoms with E-state index in [4.69, 9.17) is 0 Å². The van der Waals surface area contributed by atoms with Crippen molar-refractivity contribution >= 4 is 23.5 Å². The lowest BCUT2D eigenvalue weighted by Crippen LogP contribution is -2.56. The van der Waals surface area contributed by atoms with Crippen LogP contribution in [-0.2, 0) is 14.4 Å². The van der Waals surface area contributed by atoms with E-state index < -0.39 is 18.1 Å². The normalized spacial score (nSPS) is 17.6.